The third-order valence-corrected chi connectivity index (χ3v) is 2.27. The number of aromatic nitrogens is 2. The lowest BCUT2D eigenvalue weighted by molar-refractivity contribution is -0.133. The van der Waals surface area contributed by atoms with E-state index in [9.17, 15) is 9.90 Å². The fraction of sp³-hybridized carbons (Fsp3) is 0.636. The summed E-state index contributed by atoms with van der Waals surface area (Å²) in [6.45, 7) is 5.93. The summed E-state index contributed by atoms with van der Waals surface area (Å²) in [5.41, 5.74) is -1.27. The van der Waals surface area contributed by atoms with E-state index in [0.29, 0.717) is 0 Å². The monoisotopic (exact) mass is 210 g/mol. The van der Waals surface area contributed by atoms with E-state index in [1.807, 2.05) is 10.8 Å². The molecule has 15 heavy (non-hydrogen) atoms. The third kappa shape index (κ3) is 3.16. The number of aliphatic hydroxyl groups is 1. The van der Waals surface area contributed by atoms with Gasteiger partial charge in [-0.1, -0.05) is 6.92 Å². The molecule has 0 fully saturated rings. The Hall–Kier alpha value is -1.16. The van der Waals surface area contributed by atoms with Gasteiger partial charge in [0.25, 0.3) is 0 Å². The molecule has 0 radical (unpaired) electrons. The Labute approximate surface area is 89.9 Å². The van der Waals surface area contributed by atoms with E-state index < -0.39 is 5.60 Å². The maximum Gasteiger partial charge on any atom is 0.171 e. The van der Waals surface area contributed by atoms with Crippen LogP contribution in [0.5, 0.6) is 0 Å². The van der Waals surface area contributed by atoms with E-state index >= 15 is 0 Å². The van der Waals surface area contributed by atoms with Crippen molar-refractivity contribution in [3.05, 3.63) is 18.2 Å². The van der Waals surface area contributed by atoms with Gasteiger partial charge in [-0.3, -0.25) is 4.79 Å². The summed E-state index contributed by atoms with van der Waals surface area (Å²) in [4.78, 5) is 15.7. The Morgan fingerprint density at radius 3 is 2.80 bits per heavy atom. The molecule has 0 aromatic carbocycles. The van der Waals surface area contributed by atoms with Crippen LogP contribution in [0.4, 0.5) is 0 Å². The zero-order chi connectivity index (χ0) is 11.5. The van der Waals surface area contributed by atoms with Crippen LogP contribution in [0.1, 0.15) is 33.0 Å². The molecule has 0 spiro atoms. The topological polar surface area (TPSA) is 55.1 Å². The molecule has 1 N–H and O–H groups in total. The van der Waals surface area contributed by atoms with E-state index in [4.69, 9.17) is 0 Å². The Kier molecular flexibility index (Phi) is 3.63. The van der Waals surface area contributed by atoms with Crippen molar-refractivity contribution in [2.24, 2.45) is 0 Å². The van der Waals surface area contributed by atoms with Crippen molar-refractivity contribution in [1.29, 1.82) is 0 Å². The summed E-state index contributed by atoms with van der Waals surface area (Å²) in [7, 11) is 0. The predicted octanol–water partition coefficient (Wildman–Crippen LogP) is 1.18. The molecule has 4 nitrogen and oxygen atoms in total. The van der Waals surface area contributed by atoms with Gasteiger partial charge in [-0.25, -0.2) is 4.98 Å². The molecule has 0 unspecified atom stereocenters. The first-order valence-electron chi connectivity index (χ1n) is 5.21. The summed E-state index contributed by atoms with van der Waals surface area (Å²) >= 11 is 0. The number of Topliss-reactive ketones (excluding diaryl/α,β-unsaturated/α-hetero) is 1. The molecule has 1 aromatic heterocycles. The number of hydrogen-bond acceptors (Lipinski definition) is 3. The Balaban J connectivity index is 2.72. The second-order valence-corrected chi connectivity index (χ2v) is 4.20. The van der Waals surface area contributed by atoms with Crippen molar-refractivity contribution in [1.82, 2.24) is 9.55 Å². The molecule has 0 saturated heterocycles. The fourth-order valence-electron chi connectivity index (χ4n) is 1.31. The minimum absolute atomic E-state index is 0.191. The van der Waals surface area contributed by atoms with E-state index in [2.05, 4.69) is 11.9 Å². The highest BCUT2D eigenvalue weighted by molar-refractivity contribution is 5.87. The van der Waals surface area contributed by atoms with Gasteiger partial charge >= 0.3 is 0 Å². The van der Waals surface area contributed by atoms with Crippen LogP contribution in [-0.2, 0) is 17.8 Å². The Morgan fingerprint density at radius 2 is 2.27 bits per heavy atom. The van der Waals surface area contributed by atoms with Crippen LogP contribution in [0, 0.1) is 0 Å². The summed E-state index contributed by atoms with van der Waals surface area (Å²) < 4.78 is 1.95. The summed E-state index contributed by atoms with van der Waals surface area (Å²) in [6.07, 6.45) is 4.73. The molecule has 1 heterocycles. The van der Waals surface area contributed by atoms with Gasteiger partial charge in [-0.15, -0.1) is 0 Å². The number of rotatable bonds is 5. The molecule has 1 rings (SSSR count). The molecular formula is C11H18N2O2. The van der Waals surface area contributed by atoms with Gasteiger partial charge < -0.3 is 9.67 Å². The van der Waals surface area contributed by atoms with Crippen LogP contribution < -0.4 is 0 Å². The Morgan fingerprint density at radius 1 is 1.60 bits per heavy atom. The number of ketones is 1. The van der Waals surface area contributed by atoms with Crippen LogP contribution in [-0.4, -0.2) is 26.0 Å². The van der Waals surface area contributed by atoms with Crippen molar-refractivity contribution in [2.45, 2.75) is 45.8 Å². The van der Waals surface area contributed by atoms with Crippen LogP contribution >= 0.6 is 0 Å². The smallest absolute Gasteiger partial charge is 0.171 e. The van der Waals surface area contributed by atoms with Crippen molar-refractivity contribution in [3.8, 4) is 0 Å². The second kappa shape index (κ2) is 4.57. The molecule has 0 aliphatic heterocycles. The maximum absolute atomic E-state index is 11.6. The number of hydrogen-bond donors (Lipinski definition) is 1. The highest BCUT2D eigenvalue weighted by atomic mass is 16.3. The Bertz CT molecular complexity index is 337. The fourth-order valence-corrected chi connectivity index (χ4v) is 1.31. The van der Waals surface area contributed by atoms with Gasteiger partial charge in [0.15, 0.2) is 5.78 Å². The quantitative estimate of drug-likeness (QED) is 0.793. The minimum atomic E-state index is -1.27. The first-order chi connectivity index (χ1) is 6.95. The number of nitrogens with zero attached hydrogens (tertiary/aromatic N) is 2. The van der Waals surface area contributed by atoms with Gasteiger partial charge in [0.05, 0.1) is 6.42 Å². The van der Waals surface area contributed by atoms with Gasteiger partial charge in [-0.05, 0) is 20.3 Å². The predicted molar refractivity (Wildman–Crippen MR) is 57.5 cm³/mol. The SMILES string of the molecule is CCCn1ccnc1CC(=O)C(C)(C)O. The summed E-state index contributed by atoms with van der Waals surface area (Å²) in [5.74, 6) is 0.523. The number of carbonyl (C=O) groups is 1. The lowest BCUT2D eigenvalue weighted by Gasteiger charge is -2.15. The zero-order valence-corrected chi connectivity index (χ0v) is 9.53. The van der Waals surface area contributed by atoms with Crippen molar-refractivity contribution in [2.75, 3.05) is 0 Å². The summed E-state index contributed by atoms with van der Waals surface area (Å²) in [6, 6.07) is 0. The average Bonchev–Trinajstić information content (AvgIpc) is 2.52. The van der Waals surface area contributed by atoms with Crippen molar-refractivity contribution < 1.29 is 9.90 Å². The lowest BCUT2D eigenvalue weighted by Crippen LogP contribution is -2.33. The normalized spacial score (nSPS) is 11.7. The van der Waals surface area contributed by atoms with Gasteiger partial charge in [0.1, 0.15) is 11.4 Å². The van der Waals surface area contributed by atoms with E-state index in [1.165, 1.54) is 13.8 Å². The van der Waals surface area contributed by atoms with Crippen LogP contribution in [0.25, 0.3) is 0 Å². The van der Waals surface area contributed by atoms with E-state index in [1.54, 1.807) is 6.20 Å². The minimum Gasteiger partial charge on any atom is -0.383 e. The lowest BCUT2D eigenvalue weighted by atomic mass is 10.0. The molecule has 1 aromatic rings. The molecule has 0 atom stereocenters. The van der Waals surface area contributed by atoms with Crippen molar-refractivity contribution in [3.63, 3.8) is 0 Å². The molecule has 84 valence electrons. The largest absolute Gasteiger partial charge is 0.383 e. The number of aryl methyl sites for hydroxylation is 1. The first kappa shape index (κ1) is 11.9. The summed E-state index contributed by atoms with van der Waals surface area (Å²) in [5, 5.41) is 9.52. The first-order valence-corrected chi connectivity index (χ1v) is 5.21. The highest BCUT2D eigenvalue weighted by Gasteiger charge is 2.24. The molecule has 0 saturated carbocycles. The second-order valence-electron chi connectivity index (χ2n) is 4.20. The van der Waals surface area contributed by atoms with E-state index in [-0.39, 0.29) is 12.2 Å². The molecule has 4 heteroatoms. The standard InChI is InChI=1S/C11H18N2O2/c1-4-6-13-7-5-12-10(13)8-9(14)11(2,3)15/h5,7,15H,4,6,8H2,1-3H3. The third-order valence-electron chi connectivity index (χ3n) is 2.27. The van der Waals surface area contributed by atoms with Gasteiger partial charge in [0.2, 0.25) is 0 Å². The van der Waals surface area contributed by atoms with Gasteiger partial charge in [-0.2, -0.15) is 0 Å². The van der Waals surface area contributed by atoms with Crippen LogP contribution in [0.3, 0.4) is 0 Å². The highest BCUT2D eigenvalue weighted by Crippen LogP contribution is 2.08. The molecule has 0 aliphatic rings. The van der Waals surface area contributed by atoms with Crippen molar-refractivity contribution >= 4 is 5.78 Å². The van der Waals surface area contributed by atoms with Gasteiger partial charge in [0, 0.05) is 18.9 Å². The molecular weight excluding hydrogens is 192 g/mol. The van der Waals surface area contributed by atoms with E-state index in [0.717, 1.165) is 18.8 Å². The number of imidazole rings is 1. The molecule has 0 aliphatic carbocycles. The van der Waals surface area contributed by atoms with Crippen LogP contribution in [0.2, 0.25) is 0 Å². The maximum atomic E-state index is 11.6. The van der Waals surface area contributed by atoms with Crippen LogP contribution in [0.15, 0.2) is 12.4 Å². The number of carbonyl (C=O) groups excluding carboxylic acids is 1. The average molecular weight is 210 g/mol. The zero-order valence-electron chi connectivity index (χ0n) is 9.53. The molecule has 0 bridgehead atoms. The molecule has 0 amide bonds.